The van der Waals surface area contributed by atoms with Gasteiger partial charge in [-0.1, -0.05) is 36.4 Å². The van der Waals surface area contributed by atoms with Crippen LogP contribution < -0.4 is 10.6 Å². The molecule has 2 aliphatic heterocycles. The zero-order valence-electron chi connectivity index (χ0n) is 16.2. The average molecular weight is 417 g/mol. The van der Waals surface area contributed by atoms with Crippen LogP contribution >= 0.6 is 0 Å². The monoisotopic (exact) mass is 417 g/mol. The second-order valence-corrected chi connectivity index (χ2v) is 7.83. The first-order valence-corrected chi connectivity index (χ1v) is 9.86. The molecule has 5 nitrogen and oxygen atoms in total. The third-order valence-corrected chi connectivity index (χ3v) is 5.75. The van der Waals surface area contributed by atoms with Crippen LogP contribution in [0.4, 0.5) is 13.2 Å². The Hall–Kier alpha value is -2.87. The van der Waals surface area contributed by atoms with Crippen molar-refractivity contribution >= 4 is 11.8 Å². The van der Waals surface area contributed by atoms with Gasteiger partial charge in [-0.25, -0.2) is 0 Å². The number of carbonyl (C=O) groups excluding carboxylic acids is 2. The van der Waals surface area contributed by atoms with E-state index in [4.69, 9.17) is 0 Å². The molecule has 4 rings (SSSR count). The maximum absolute atomic E-state index is 12.9. The molecule has 1 atom stereocenters. The van der Waals surface area contributed by atoms with E-state index in [9.17, 15) is 22.8 Å². The Bertz CT molecular complexity index is 938. The van der Waals surface area contributed by atoms with Gasteiger partial charge in [-0.05, 0) is 30.2 Å². The van der Waals surface area contributed by atoms with Crippen LogP contribution in [0.15, 0.2) is 54.6 Å². The van der Waals surface area contributed by atoms with E-state index in [0.29, 0.717) is 32.4 Å². The Morgan fingerprint density at radius 1 is 1.07 bits per heavy atom. The van der Waals surface area contributed by atoms with Crippen LogP contribution in [-0.4, -0.2) is 41.5 Å². The van der Waals surface area contributed by atoms with Crippen molar-refractivity contribution in [3.63, 3.8) is 0 Å². The zero-order chi connectivity index (χ0) is 21.4. The van der Waals surface area contributed by atoms with E-state index in [2.05, 4.69) is 10.6 Å². The fourth-order valence-electron chi connectivity index (χ4n) is 4.12. The number of rotatable bonds is 3. The van der Waals surface area contributed by atoms with Gasteiger partial charge < -0.3 is 10.2 Å². The largest absolute Gasteiger partial charge is 0.416 e. The summed E-state index contributed by atoms with van der Waals surface area (Å²) in [6.07, 6.45) is -2.93. The van der Waals surface area contributed by atoms with Gasteiger partial charge in [-0.3, -0.25) is 14.9 Å². The fraction of sp³-hybridized carbons (Fsp3) is 0.364. The molecule has 2 aromatic rings. The number of nitrogens with one attached hydrogen (secondary N) is 2. The molecule has 2 N–H and O–H groups in total. The van der Waals surface area contributed by atoms with Gasteiger partial charge in [0.05, 0.1) is 17.3 Å². The summed E-state index contributed by atoms with van der Waals surface area (Å²) < 4.78 is 38.8. The number of likely N-dealkylation sites (tertiary alicyclic amines) is 1. The summed E-state index contributed by atoms with van der Waals surface area (Å²) in [6, 6.07) is 13.8. The molecular formula is C22H22F3N3O2. The predicted octanol–water partition coefficient (Wildman–Crippen LogP) is 2.97. The molecule has 0 saturated carbocycles. The van der Waals surface area contributed by atoms with Gasteiger partial charge in [-0.2, -0.15) is 13.2 Å². The van der Waals surface area contributed by atoms with Crippen LogP contribution in [0, 0.1) is 0 Å². The highest BCUT2D eigenvalue weighted by Gasteiger charge is 2.45. The predicted molar refractivity (Wildman–Crippen MR) is 105 cm³/mol. The van der Waals surface area contributed by atoms with Gasteiger partial charge in [-0.15, -0.1) is 0 Å². The summed E-state index contributed by atoms with van der Waals surface area (Å²) in [5.74, 6) is -0.502. The molecule has 0 aliphatic carbocycles. The number of amides is 2. The number of benzene rings is 2. The van der Waals surface area contributed by atoms with E-state index in [1.165, 1.54) is 12.1 Å². The Morgan fingerprint density at radius 3 is 2.43 bits per heavy atom. The van der Waals surface area contributed by atoms with Crippen molar-refractivity contribution in [3.8, 4) is 0 Å². The fourth-order valence-corrected chi connectivity index (χ4v) is 4.12. The number of hydrogen-bond donors (Lipinski definition) is 2. The van der Waals surface area contributed by atoms with Crippen LogP contribution in [0.1, 0.15) is 34.3 Å². The van der Waals surface area contributed by atoms with E-state index >= 15 is 0 Å². The molecule has 2 heterocycles. The van der Waals surface area contributed by atoms with Crippen molar-refractivity contribution < 1.29 is 22.8 Å². The van der Waals surface area contributed by atoms with Crippen LogP contribution in [-0.2, 0) is 17.4 Å². The summed E-state index contributed by atoms with van der Waals surface area (Å²) in [5.41, 5.74) is -0.345. The summed E-state index contributed by atoms with van der Waals surface area (Å²) in [7, 11) is 0. The van der Waals surface area contributed by atoms with Gasteiger partial charge in [0.15, 0.2) is 0 Å². The van der Waals surface area contributed by atoms with Gasteiger partial charge in [0.1, 0.15) is 0 Å². The molecule has 0 bridgehead atoms. The first-order chi connectivity index (χ1) is 14.3. The second kappa shape index (κ2) is 7.75. The molecule has 2 aliphatic rings. The molecule has 8 heteroatoms. The summed E-state index contributed by atoms with van der Waals surface area (Å²) in [5, 5.41) is 6.42. The molecule has 30 heavy (non-hydrogen) atoms. The summed E-state index contributed by atoms with van der Waals surface area (Å²) in [6.45, 7) is 0.695. The quantitative estimate of drug-likeness (QED) is 0.807. The highest BCUT2D eigenvalue weighted by Crippen LogP contribution is 2.31. The molecule has 0 aromatic heterocycles. The maximum atomic E-state index is 12.9. The van der Waals surface area contributed by atoms with Crippen molar-refractivity contribution in [3.05, 3.63) is 71.3 Å². The molecule has 2 aromatic carbocycles. The van der Waals surface area contributed by atoms with E-state index < -0.39 is 23.3 Å². The molecular weight excluding hydrogens is 395 g/mol. The van der Waals surface area contributed by atoms with Crippen molar-refractivity contribution in [1.29, 1.82) is 0 Å². The minimum Gasteiger partial charge on any atom is -0.338 e. The molecule has 2 fully saturated rings. The standard InChI is InChI=1S/C22H22F3N3O2/c23-22(24,25)17-8-4-7-16(14-17)20(30)28-11-9-21(10-12-28)26-18(19(29)27-21)13-15-5-2-1-3-6-15/h1-8,14,18,26H,9-13H2,(H,27,29). The van der Waals surface area contributed by atoms with Crippen LogP contribution in [0.3, 0.4) is 0 Å². The lowest BCUT2D eigenvalue weighted by atomic mass is 9.96. The topological polar surface area (TPSA) is 61.4 Å². The lowest BCUT2D eigenvalue weighted by molar-refractivity contribution is -0.137. The van der Waals surface area contributed by atoms with Crippen molar-refractivity contribution in [2.75, 3.05) is 13.1 Å². The van der Waals surface area contributed by atoms with Crippen LogP contribution in [0.5, 0.6) is 0 Å². The highest BCUT2D eigenvalue weighted by molar-refractivity contribution is 5.94. The van der Waals surface area contributed by atoms with Crippen molar-refractivity contribution in [2.45, 2.75) is 37.1 Å². The van der Waals surface area contributed by atoms with Crippen LogP contribution in [0.25, 0.3) is 0 Å². The first kappa shape index (κ1) is 20.4. The van der Waals surface area contributed by atoms with E-state index in [1.807, 2.05) is 30.3 Å². The van der Waals surface area contributed by atoms with E-state index in [1.54, 1.807) is 4.90 Å². The van der Waals surface area contributed by atoms with Crippen molar-refractivity contribution in [1.82, 2.24) is 15.5 Å². The second-order valence-electron chi connectivity index (χ2n) is 7.83. The number of halogens is 3. The average Bonchev–Trinajstić information content (AvgIpc) is 3.03. The van der Waals surface area contributed by atoms with E-state index in [0.717, 1.165) is 17.7 Å². The minimum atomic E-state index is -4.49. The lowest BCUT2D eigenvalue weighted by Crippen LogP contribution is -2.58. The number of carbonyl (C=O) groups is 2. The van der Waals surface area contributed by atoms with Crippen LogP contribution in [0.2, 0.25) is 0 Å². The number of alkyl halides is 3. The minimum absolute atomic E-state index is 0.0196. The SMILES string of the molecule is O=C1NC2(CCN(C(=O)c3cccc(C(F)(F)F)c3)CC2)NC1Cc1ccccc1. The third-order valence-electron chi connectivity index (χ3n) is 5.75. The Kier molecular flexibility index (Phi) is 5.27. The van der Waals surface area contributed by atoms with Crippen molar-refractivity contribution in [2.24, 2.45) is 0 Å². The molecule has 158 valence electrons. The number of piperidine rings is 1. The van der Waals surface area contributed by atoms with Gasteiger partial charge in [0.2, 0.25) is 5.91 Å². The Labute approximate surface area is 172 Å². The smallest absolute Gasteiger partial charge is 0.338 e. The Balaban J connectivity index is 1.39. The lowest BCUT2D eigenvalue weighted by Gasteiger charge is -2.39. The first-order valence-electron chi connectivity index (χ1n) is 9.86. The van der Waals surface area contributed by atoms with Gasteiger partial charge >= 0.3 is 6.18 Å². The molecule has 2 saturated heterocycles. The highest BCUT2D eigenvalue weighted by atomic mass is 19.4. The normalized spacial score (nSPS) is 21.0. The maximum Gasteiger partial charge on any atom is 0.416 e. The molecule has 1 spiro atoms. The Morgan fingerprint density at radius 2 is 1.77 bits per heavy atom. The van der Waals surface area contributed by atoms with E-state index in [-0.39, 0.29) is 17.5 Å². The summed E-state index contributed by atoms with van der Waals surface area (Å²) >= 11 is 0. The molecule has 0 radical (unpaired) electrons. The number of hydrogen-bond acceptors (Lipinski definition) is 3. The van der Waals surface area contributed by atoms with Gasteiger partial charge in [0, 0.05) is 31.5 Å². The molecule has 1 unspecified atom stereocenters. The third kappa shape index (κ3) is 4.18. The zero-order valence-corrected chi connectivity index (χ0v) is 16.2. The van der Waals surface area contributed by atoms with Gasteiger partial charge in [0.25, 0.3) is 5.91 Å². The molecule has 2 amide bonds. The number of nitrogens with zero attached hydrogens (tertiary/aromatic N) is 1. The summed E-state index contributed by atoms with van der Waals surface area (Å²) in [4.78, 5) is 26.7.